The Kier molecular flexibility index (Phi) is 4.72. The minimum absolute atomic E-state index is 0.00818. The van der Waals surface area contributed by atoms with Crippen LogP contribution in [0, 0.1) is 10.1 Å². The Morgan fingerprint density at radius 1 is 1.14 bits per heavy atom. The number of rotatable bonds is 4. The van der Waals surface area contributed by atoms with E-state index in [1.54, 1.807) is 7.05 Å². The van der Waals surface area contributed by atoms with Gasteiger partial charge in [0.1, 0.15) is 11.6 Å². The molecule has 0 atom stereocenters. The highest BCUT2D eigenvalue weighted by molar-refractivity contribution is 6.43. The number of ether oxygens (including phenoxy) is 1. The number of aromatic nitrogens is 1. The highest BCUT2D eigenvalue weighted by atomic mass is 35.5. The fraction of sp³-hybridized carbons (Fsp3) is 0.0833. The number of nitro groups is 1. The lowest BCUT2D eigenvalue weighted by molar-refractivity contribution is -0.384. The van der Waals surface area contributed by atoms with E-state index in [4.69, 9.17) is 39.5 Å². The van der Waals surface area contributed by atoms with Gasteiger partial charge >= 0.3 is 0 Å². The predicted octanol–water partition coefficient (Wildman–Crippen LogP) is 4.78. The first kappa shape index (κ1) is 15.6. The van der Waals surface area contributed by atoms with Crippen molar-refractivity contribution in [3.05, 3.63) is 49.4 Å². The zero-order chi connectivity index (χ0) is 15.6. The molecule has 1 aromatic carbocycles. The van der Waals surface area contributed by atoms with Crippen molar-refractivity contribution in [3.8, 4) is 11.6 Å². The average molecular weight is 349 g/mol. The molecule has 0 amide bonds. The first-order valence-corrected chi connectivity index (χ1v) is 6.70. The molecule has 1 aromatic heterocycles. The standard InChI is InChI=1S/C12H8Cl3N3O3/c1-16-11-2-6(18(19)20)3-12(17-11)21-10-5-8(14)7(13)4-9(10)15/h2-5H,1H3,(H,16,17). The van der Waals surface area contributed by atoms with E-state index in [0.717, 1.165) is 0 Å². The lowest BCUT2D eigenvalue weighted by atomic mass is 10.3. The van der Waals surface area contributed by atoms with Gasteiger partial charge in [-0.15, -0.1) is 0 Å². The van der Waals surface area contributed by atoms with Gasteiger partial charge in [-0.1, -0.05) is 34.8 Å². The Balaban J connectivity index is 2.41. The molecule has 110 valence electrons. The van der Waals surface area contributed by atoms with Crippen LogP contribution in [-0.2, 0) is 0 Å². The van der Waals surface area contributed by atoms with Crippen molar-refractivity contribution in [2.75, 3.05) is 12.4 Å². The number of pyridine rings is 1. The zero-order valence-electron chi connectivity index (χ0n) is 10.6. The summed E-state index contributed by atoms with van der Waals surface area (Å²) in [5, 5.41) is 14.3. The van der Waals surface area contributed by atoms with Crippen LogP contribution in [0.25, 0.3) is 0 Å². The largest absolute Gasteiger partial charge is 0.437 e. The number of nitrogens with zero attached hydrogens (tertiary/aromatic N) is 2. The van der Waals surface area contributed by atoms with Gasteiger partial charge in [-0.25, -0.2) is 0 Å². The maximum absolute atomic E-state index is 10.9. The summed E-state index contributed by atoms with van der Waals surface area (Å²) >= 11 is 17.7. The lowest BCUT2D eigenvalue weighted by Gasteiger charge is -2.09. The number of benzene rings is 1. The van der Waals surface area contributed by atoms with Crippen LogP contribution in [0.3, 0.4) is 0 Å². The summed E-state index contributed by atoms with van der Waals surface area (Å²) in [6.45, 7) is 0. The molecule has 1 heterocycles. The van der Waals surface area contributed by atoms with Crippen molar-refractivity contribution in [2.45, 2.75) is 0 Å². The minimum Gasteiger partial charge on any atom is -0.437 e. The fourth-order valence-electron chi connectivity index (χ4n) is 1.47. The number of anilines is 1. The quantitative estimate of drug-likeness (QED) is 0.488. The van der Waals surface area contributed by atoms with Crippen LogP contribution in [0.5, 0.6) is 11.6 Å². The molecule has 9 heteroatoms. The molecule has 0 fully saturated rings. The highest BCUT2D eigenvalue weighted by Gasteiger charge is 2.14. The van der Waals surface area contributed by atoms with Gasteiger partial charge in [0.2, 0.25) is 5.88 Å². The predicted molar refractivity (Wildman–Crippen MR) is 82.0 cm³/mol. The van der Waals surface area contributed by atoms with Crippen LogP contribution >= 0.6 is 34.8 Å². The van der Waals surface area contributed by atoms with Crippen LogP contribution in [-0.4, -0.2) is 17.0 Å². The molecule has 0 aliphatic carbocycles. The van der Waals surface area contributed by atoms with Crippen LogP contribution < -0.4 is 10.1 Å². The Morgan fingerprint density at radius 3 is 2.43 bits per heavy atom. The van der Waals surface area contributed by atoms with Gasteiger partial charge in [0, 0.05) is 13.1 Å². The molecule has 0 spiro atoms. The first-order chi connectivity index (χ1) is 9.90. The first-order valence-electron chi connectivity index (χ1n) is 5.57. The van der Waals surface area contributed by atoms with E-state index in [9.17, 15) is 10.1 Å². The number of hydrogen-bond acceptors (Lipinski definition) is 5. The molecule has 0 saturated heterocycles. The van der Waals surface area contributed by atoms with E-state index in [2.05, 4.69) is 10.3 Å². The molecule has 0 saturated carbocycles. The second-order valence-electron chi connectivity index (χ2n) is 3.85. The van der Waals surface area contributed by atoms with Crippen molar-refractivity contribution in [1.82, 2.24) is 4.98 Å². The molecule has 1 N–H and O–H groups in total. The summed E-state index contributed by atoms with van der Waals surface area (Å²) < 4.78 is 5.45. The van der Waals surface area contributed by atoms with Gasteiger partial charge in [0.15, 0.2) is 0 Å². The minimum atomic E-state index is -0.550. The Bertz CT molecular complexity index is 710. The van der Waals surface area contributed by atoms with Crippen LogP contribution in [0.15, 0.2) is 24.3 Å². The molecule has 2 rings (SSSR count). The van der Waals surface area contributed by atoms with Gasteiger partial charge < -0.3 is 10.1 Å². The van der Waals surface area contributed by atoms with Gasteiger partial charge in [0.25, 0.3) is 5.69 Å². The van der Waals surface area contributed by atoms with E-state index in [-0.39, 0.29) is 38.2 Å². The molecular weight excluding hydrogens is 341 g/mol. The molecule has 0 bridgehead atoms. The van der Waals surface area contributed by atoms with Gasteiger partial charge in [0.05, 0.1) is 32.1 Å². The Labute approximate surface area is 134 Å². The summed E-state index contributed by atoms with van der Waals surface area (Å²) in [5.41, 5.74) is -0.166. The number of nitrogens with one attached hydrogen (secondary N) is 1. The zero-order valence-corrected chi connectivity index (χ0v) is 12.8. The summed E-state index contributed by atoms with van der Waals surface area (Å²) in [7, 11) is 1.59. The topological polar surface area (TPSA) is 77.3 Å². The normalized spacial score (nSPS) is 10.3. The molecule has 21 heavy (non-hydrogen) atoms. The van der Waals surface area contributed by atoms with E-state index in [1.165, 1.54) is 24.3 Å². The van der Waals surface area contributed by atoms with Gasteiger partial charge in [-0.2, -0.15) is 4.98 Å². The third-order valence-electron chi connectivity index (χ3n) is 2.44. The van der Waals surface area contributed by atoms with E-state index in [1.807, 2.05) is 0 Å². The van der Waals surface area contributed by atoms with Crippen LogP contribution in [0.1, 0.15) is 0 Å². The van der Waals surface area contributed by atoms with Gasteiger partial charge in [-0.3, -0.25) is 10.1 Å². The molecule has 6 nitrogen and oxygen atoms in total. The molecule has 0 radical (unpaired) electrons. The number of hydrogen-bond donors (Lipinski definition) is 1. The van der Waals surface area contributed by atoms with Crippen molar-refractivity contribution in [2.24, 2.45) is 0 Å². The van der Waals surface area contributed by atoms with Crippen molar-refractivity contribution >= 4 is 46.3 Å². The van der Waals surface area contributed by atoms with Crippen LogP contribution in [0.2, 0.25) is 15.1 Å². The fourth-order valence-corrected chi connectivity index (χ4v) is 2.05. The highest BCUT2D eigenvalue weighted by Crippen LogP contribution is 2.36. The van der Waals surface area contributed by atoms with Gasteiger partial charge in [-0.05, 0) is 6.07 Å². The maximum Gasteiger partial charge on any atom is 0.278 e. The average Bonchev–Trinajstić information content (AvgIpc) is 2.44. The molecule has 0 aliphatic rings. The SMILES string of the molecule is CNc1cc([N+](=O)[O-])cc(Oc2cc(Cl)c(Cl)cc2Cl)n1. The second-order valence-corrected chi connectivity index (χ2v) is 5.08. The Hall–Kier alpha value is -1.76. The monoisotopic (exact) mass is 347 g/mol. The second kappa shape index (κ2) is 6.34. The number of halogens is 3. The van der Waals surface area contributed by atoms with E-state index >= 15 is 0 Å². The van der Waals surface area contributed by atoms with Crippen LogP contribution in [0.4, 0.5) is 11.5 Å². The molecule has 0 aliphatic heterocycles. The lowest BCUT2D eigenvalue weighted by Crippen LogP contribution is -1.98. The summed E-state index contributed by atoms with van der Waals surface area (Å²) in [5.74, 6) is 0.491. The molecule has 2 aromatic rings. The molecule has 0 unspecified atom stereocenters. The smallest absolute Gasteiger partial charge is 0.278 e. The van der Waals surface area contributed by atoms with Crippen molar-refractivity contribution < 1.29 is 9.66 Å². The van der Waals surface area contributed by atoms with E-state index < -0.39 is 4.92 Å². The maximum atomic E-state index is 10.9. The van der Waals surface area contributed by atoms with Crippen molar-refractivity contribution in [3.63, 3.8) is 0 Å². The van der Waals surface area contributed by atoms with E-state index in [0.29, 0.717) is 0 Å². The third-order valence-corrected chi connectivity index (χ3v) is 3.46. The molecular formula is C12H8Cl3N3O3. The third kappa shape index (κ3) is 3.66. The summed E-state index contributed by atoms with van der Waals surface area (Å²) in [6, 6.07) is 5.28. The summed E-state index contributed by atoms with van der Waals surface area (Å²) in [4.78, 5) is 14.4. The van der Waals surface area contributed by atoms with Crippen molar-refractivity contribution in [1.29, 1.82) is 0 Å². The Morgan fingerprint density at radius 2 is 1.81 bits per heavy atom. The summed E-state index contributed by atoms with van der Waals surface area (Å²) in [6.07, 6.45) is 0.